The lowest BCUT2D eigenvalue weighted by molar-refractivity contribution is -0.137. The SMILES string of the molecule is CCN1CCN(C(=O)C2CCc3nc(C)sc3C2)CC1. The number of piperazine rings is 1. The Hall–Kier alpha value is -0.940. The normalized spacial score (nSPS) is 23.7. The van der Waals surface area contributed by atoms with E-state index in [4.69, 9.17) is 0 Å². The second-order valence-electron chi connectivity index (χ2n) is 5.80. The summed E-state index contributed by atoms with van der Waals surface area (Å²) in [4.78, 5) is 23.1. The van der Waals surface area contributed by atoms with E-state index in [1.807, 2.05) is 0 Å². The molecule has 20 heavy (non-hydrogen) atoms. The predicted octanol–water partition coefficient (Wildman–Crippen LogP) is 1.72. The van der Waals surface area contributed by atoms with E-state index in [0.29, 0.717) is 5.91 Å². The summed E-state index contributed by atoms with van der Waals surface area (Å²) in [6.07, 6.45) is 2.86. The van der Waals surface area contributed by atoms with Crippen LogP contribution in [-0.4, -0.2) is 53.4 Å². The number of amides is 1. The summed E-state index contributed by atoms with van der Waals surface area (Å²) in [6, 6.07) is 0. The zero-order chi connectivity index (χ0) is 14.1. The first-order chi connectivity index (χ1) is 9.67. The monoisotopic (exact) mass is 293 g/mol. The number of hydrogen-bond acceptors (Lipinski definition) is 4. The number of likely N-dealkylation sites (N-methyl/N-ethyl adjacent to an activating group) is 1. The van der Waals surface area contributed by atoms with Crippen LogP contribution < -0.4 is 0 Å². The van der Waals surface area contributed by atoms with Crippen LogP contribution in [0.3, 0.4) is 0 Å². The molecule has 0 saturated carbocycles. The first kappa shape index (κ1) is 14.0. The highest BCUT2D eigenvalue weighted by atomic mass is 32.1. The molecule has 1 aliphatic heterocycles. The highest BCUT2D eigenvalue weighted by Gasteiger charge is 2.31. The van der Waals surface area contributed by atoms with Gasteiger partial charge in [0, 0.05) is 37.0 Å². The van der Waals surface area contributed by atoms with Crippen molar-refractivity contribution in [3.05, 3.63) is 15.6 Å². The van der Waals surface area contributed by atoms with Gasteiger partial charge in [-0.2, -0.15) is 0 Å². The van der Waals surface area contributed by atoms with Crippen LogP contribution in [0, 0.1) is 12.8 Å². The Labute approximate surface area is 124 Å². The Kier molecular flexibility index (Phi) is 4.08. The molecule has 1 aromatic heterocycles. The number of aromatic nitrogens is 1. The van der Waals surface area contributed by atoms with Gasteiger partial charge in [-0.05, 0) is 32.7 Å². The number of fused-ring (bicyclic) bond motifs is 1. The number of carbonyl (C=O) groups is 1. The smallest absolute Gasteiger partial charge is 0.226 e. The van der Waals surface area contributed by atoms with Crippen LogP contribution >= 0.6 is 11.3 Å². The number of aryl methyl sites for hydroxylation is 2. The molecular weight excluding hydrogens is 270 g/mol. The molecule has 4 nitrogen and oxygen atoms in total. The van der Waals surface area contributed by atoms with Gasteiger partial charge in [0.05, 0.1) is 10.7 Å². The van der Waals surface area contributed by atoms with Crippen LogP contribution in [0.1, 0.15) is 28.9 Å². The zero-order valence-corrected chi connectivity index (χ0v) is 13.2. The fraction of sp³-hybridized carbons (Fsp3) is 0.733. The van der Waals surface area contributed by atoms with Crippen LogP contribution in [0.25, 0.3) is 0 Å². The minimum Gasteiger partial charge on any atom is -0.340 e. The number of hydrogen-bond donors (Lipinski definition) is 0. The van der Waals surface area contributed by atoms with Gasteiger partial charge in [0.25, 0.3) is 0 Å². The first-order valence-electron chi connectivity index (χ1n) is 7.63. The van der Waals surface area contributed by atoms with Crippen molar-refractivity contribution in [2.24, 2.45) is 5.92 Å². The Morgan fingerprint density at radius 2 is 2.10 bits per heavy atom. The van der Waals surface area contributed by atoms with Gasteiger partial charge < -0.3 is 9.80 Å². The Morgan fingerprint density at radius 1 is 1.35 bits per heavy atom. The van der Waals surface area contributed by atoms with Crippen LogP contribution in [0.15, 0.2) is 0 Å². The van der Waals surface area contributed by atoms with Gasteiger partial charge in [-0.1, -0.05) is 6.92 Å². The number of nitrogens with zero attached hydrogens (tertiary/aromatic N) is 3. The van der Waals surface area contributed by atoms with E-state index in [0.717, 1.165) is 57.0 Å². The average molecular weight is 293 g/mol. The van der Waals surface area contributed by atoms with Crippen LogP contribution in [0.4, 0.5) is 0 Å². The molecule has 1 aliphatic carbocycles. The maximum Gasteiger partial charge on any atom is 0.226 e. The van der Waals surface area contributed by atoms with Crippen molar-refractivity contribution in [1.82, 2.24) is 14.8 Å². The average Bonchev–Trinajstić information content (AvgIpc) is 2.85. The van der Waals surface area contributed by atoms with Gasteiger partial charge in [-0.25, -0.2) is 4.98 Å². The zero-order valence-electron chi connectivity index (χ0n) is 12.4. The van der Waals surface area contributed by atoms with Gasteiger partial charge >= 0.3 is 0 Å². The highest BCUT2D eigenvalue weighted by molar-refractivity contribution is 7.11. The van der Waals surface area contributed by atoms with Gasteiger partial charge in [0.1, 0.15) is 0 Å². The first-order valence-corrected chi connectivity index (χ1v) is 8.45. The molecule has 0 spiro atoms. The number of thiazole rings is 1. The van der Waals surface area contributed by atoms with Crippen molar-refractivity contribution in [2.75, 3.05) is 32.7 Å². The second kappa shape index (κ2) is 5.82. The summed E-state index contributed by atoms with van der Waals surface area (Å²) in [6.45, 7) is 9.19. The van der Waals surface area contributed by atoms with E-state index in [1.54, 1.807) is 11.3 Å². The summed E-state index contributed by atoms with van der Waals surface area (Å²) < 4.78 is 0. The van der Waals surface area contributed by atoms with Crippen molar-refractivity contribution >= 4 is 17.2 Å². The molecule has 0 aromatic carbocycles. The second-order valence-corrected chi connectivity index (χ2v) is 7.09. The summed E-state index contributed by atoms with van der Waals surface area (Å²) in [7, 11) is 0. The van der Waals surface area contributed by atoms with Gasteiger partial charge in [-0.3, -0.25) is 4.79 Å². The topological polar surface area (TPSA) is 36.4 Å². The lowest BCUT2D eigenvalue weighted by Gasteiger charge is -2.36. The quantitative estimate of drug-likeness (QED) is 0.833. The van der Waals surface area contributed by atoms with Crippen molar-refractivity contribution < 1.29 is 4.79 Å². The fourth-order valence-corrected chi connectivity index (χ4v) is 4.32. The lowest BCUT2D eigenvalue weighted by Crippen LogP contribution is -2.50. The van der Waals surface area contributed by atoms with Crippen LogP contribution in [0.2, 0.25) is 0 Å². The molecule has 1 atom stereocenters. The molecule has 1 unspecified atom stereocenters. The molecule has 2 heterocycles. The summed E-state index contributed by atoms with van der Waals surface area (Å²) in [5, 5.41) is 1.14. The van der Waals surface area contributed by atoms with E-state index < -0.39 is 0 Å². The van der Waals surface area contributed by atoms with E-state index >= 15 is 0 Å². The van der Waals surface area contributed by atoms with E-state index in [-0.39, 0.29) is 5.92 Å². The molecule has 1 fully saturated rings. The maximum absolute atomic E-state index is 12.7. The van der Waals surface area contributed by atoms with Crippen molar-refractivity contribution in [2.45, 2.75) is 33.1 Å². The molecule has 3 rings (SSSR count). The van der Waals surface area contributed by atoms with Crippen molar-refractivity contribution in [3.8, 4) is 0 Å². The molecular formula is C15H23N3OS. The summed E-state index contributed by atoms with van der Waals surface area (Å²) in [5.41, 5.74) is 1.24. The lowest BCUT2D eigenvalue weighted by atomic mass is 9.90. The number of rotatable bonds is 2. The van der Waals surface area contributed by atoms with E-state index in [1.165, 1.54) is 10.6 Å². The van der Waals surface area contributed by atoms with Gasteiger partial charge in [-0.15, -0.1) is 11.3 Å². The molecule has 2 aliphatic rings. The van der Waals surface area contributed by atoms with Gasteiger partial charge in [0.2, 0.25) is 5.91 Å². The minimum atomic E-state index is 0.190. The molecule has 0 N–H and O–H groups in total. The largest absolute Gasteiger partial charge is 0.340 e. The van der Waals surface area contributed by atoms with E-state index in [9.17, 15) is 4.79 Å². The summed E-state index contributed by atoms with van der Waals surface area (Å²) >= 11 is 1.77. The molecule has 5 heteroatoms. The third-order valence-electron chi connectivity index (χ3n) is 4.53. The third-order valence-corrected chi connectivity index (χ3v) is 5.56. The molecule has 1 saturated heterocycles. The van der Waals surface area contributed by atoms with Crippen molar-refractivity contribution in [1.29, 1.82) is 0 Å². The Balaban J connectivity index is 1.61. The Morgan fingerprint density at radius 3 is 2.80 bits per heavy atom. The van der Waals surface area contributed by atoms with Crippen LogP contribution in [-0.2, 0) is 17.6 Å². The maximum atomic E-state index is 12.7. The van der Waals surface area contributed by atoms with Crippen molar-refractivity contribution in [3.63, 3.8) is 0 Å². The fourth-order valence-electron chi connectivity index (χ4n) is 3.26. The molecule has 1 aromatic rings. The molecule has 0 bridgehead atoms. The molecule has 1 amide bonds. The predicted molar refractivity (Wildman–Crippen MR) is 81.1 cm³/mol. The van der Waals surface area contributed by atoms with Crippen LogP contribution in [0.5, 0.6) is 0 Å². The standard InChI is InChI=1S/C15H23N3OS/c1-3-17-6-8-18(9-7-17)15(19)12-4-5-13-14(10-12)20-11(2)16-13/h12H,3-10H2,1-2H3. The highest BCUT2D eigenvalue weighted by Crippen LogP contribution is 2.30. The minimum absolute atomic E-state index is 0.190. The third kappa shape index (κ3) is 2.74. The summed E-state index contributed by atoms with van der Waals surface area (Å²) in [5.74, 6) is 0.563. The molecule has 110 valence electrons. The van der Waals surface area contributed by atoms with Gasteiger partial charge in [0.15, 0.2) is 0 Å². The molecule has 0 radical (unpaired) electrons. The van der Waals surface area contributed by atoms with E-state index in [2.05, 4.69) is 28.6 Å². The number of carbonyl (C=O) groups excluding carboxylic acids is 1. The Bertz CT molecular complexity index is 491.